The molecule has 0 radical (unpaired) electrons. The van der Waals surface area contributed by atoms with Crippen LogP contribution in [0.2, 0.25) is 0 Å². The van der Waals surface area contributed by atoms with E-state index in [-0.39, 0.29) is 0 Å². The van der Waals surface area contributed by atoms with Crippen LogP contribution in [0.4, 0.5) is 0 Å². The molecule has 19 heavy (non-hydrogen) atoms. The zero-order chi connectivity index (χ0) is 13.7. The Kier molecular flexibility index (Phi) is 5.86. The normalized spacial score (nSPS) is 23.5. The predicted octanol–water partition coefficient (Wildman–Crippen LogP) is 4.26. The van der Waals surface area contributed by atoms with Crippen LogP contribution < -0.4 is 5.32 Å². The Hall–Kier alpha value is -0.380. The number of hydrogen-bond donors (Lipinski definition) is 1. The first-order valence-electron chi connectivity index (χ1n) is 7.24. The first-order chi connectivity index (χ1) is 9.20. The number of rotatable bonds is 5. The first kappa shape index (κ1) is 15.0. The fraction of sp³-hybridized carbons (Fsp3) is 0.625. The van der Waals surface area contributed by atoms with E-state index in [2.05, 4.69) is 46.4 Å². The highest BCUT2D eigenvalue weighted by atomic mass is 79.9. The predicted molar refractivity (Wildman–Crippen MR) is 83.1 cm³/mol. The molecule has 106 valence electrons. The topological polar surface area (TPSA) is 21.3 Å². The van der Waals surface area contributed by atoms with Gasteiger partial charge in [0, 0.05) is 11.0 Å². The van der Waals surface area contributed by atoms with E-state index in [1.165, 1.54) is 36.8 Å². The average molecular weight is 326 g/mol. The third kappa shape index (κ3) is 4.30. The van der Waals surface area contributed by atoms with Gasteiger partial charge >= 0.3 is 0 Å². The lowest BCUT2D eigenvalue weighted by Gasteiger charge is -2.28. The van der Waals surface area contributed by atoms with Gasteiger partial charge in [0.2, 0.25) is 0 Å². The third-order valence-corrected chi connectivity index (χ3v) is 4.72. The molecule has 0 saturated heterocycles. The SMILES string of the molecule is CNCc1ccc(COC2CCCCC2C)c(Br)c1. The van der Waals surface area contributed by atoms with Gasteiger partial charge < -0.3 is 10.1 Å². The van der Waals surface area contributed by atoms with Crippen LogP contribution in [0.15, 0.2) is 22.7 Å². The summed E-state index contributed by atoms with van der Waals surface area (Å²) in [6.45, 7) is 3.93. The highest BCUT2D eigenvalue weighted by Crippen LogP contribution is 2.28. The van der Waals surface area contributed by atoms with Crippen LogP contribution in [0.5, 0.6) is 0 Å². The molecule has 2 atom stereocenters. The minimum absolute atomic E-state index is 0.442. The molecular weight excluding hydrogens is 302 g/mol. The molecule has 1 aromatic rings. The molecule has 2 unspecified atom stereocenters. The fourth-order valence-corrected chi connectivity index (χ4v) is 3.29. The van der Waals surface area contributed by atoms with Crippen LogP contribution in [-0.4, -0.2) is 13.2 Å². The molecule has 0 amide bonds. The molecule has 1 N–H and O–H groups in total. The number of hydrogen-bond acceptors (Lipinski definition) is 2. The van der Waals surface area contributed by atoms with Gasteiger partial charge in [-0.05, 0) is 43.0 Å². The van der Waals surface area contributed by atoms with Crippen molar-refractivity contribution >= 4 is 15.9 Å². The summed E-state index contributed by atoms with van der Waals surface area (Å²) in [5, 5.41) is 3.17. The Bertz CT molecular complexity index is 408. The molecule has 1 aliphatic rings. The van der Waals surface area contributed by atoms with Crippen molar-refractivity contribution in [2.45, 2.75) is 51.9 Å². The van der Waals surface area contributed by atoms with Crippen LogP contribution in [0, 0.1) is 5.92 Å². The van der Waals surface area contributed by atoms with Gasteiger partial charge in [0.1, 0.15) is 0 Å². The van der Waals surface area contributed by atoms with Gasteiger partial charge in [0.25, 0.3) is 0 Å². The van der Waals surface area contributed by atoms with Crippen molar-refractivity contribution < 1.29 is 4.74 Å². The summed E-state index contributed by atoms with van der Waals surface area (Å²) in [6.07, 6.45) is 5.65. The Morgan fingerprint density at radius 2 is 2.11 bits per heavy atom. The summed E-state index contributed by atoms with van der Waals surface area (Å²) in [5.74, 6) is 0.705. The first-order valence-corrected chi connectivity index (χ1v) is 8.03. The van der Waals surface area contributed by atoms with Crippen LogP contribution in [0.25, 0.3) is 0 Å². The number of halogens is 1. The zero-order valence-corrected chi connectivity index (χ0v) is 13.5. The van der Waals surface area contributed by atoms with E-state index in [1.54, 1.807) is 0 Å². The molecule has 1 fully saturated rings. The summed E-state index contributed by atoms with van der Waals surface area (Å²) in [4.78, 5) is 0. The Labute approximate surface area is 125 Å². The van der Waals surface area contributed by atoms with E-state index in [1.807, 2.05) is 7.05 Å². The van der Waals surface area contributed by atoms with Gasteiger partial charge in [-0.25, -0.2) is 0 Å². The van der Waals surface area contributed by atoms with Crippen LogP contribution >= 0.6 is 15.9 Å². The highest BCUT2D eigenvalue weighted by molar-refractivity contribution is 9.10. The van der Waals surface area contributed by atoms with Gasteiger partial charge in [-0.1, -0.05) is 47.8 Å². The second-order valence-electron chi connectivity index (χ2n) is 5.57. The largest absolute Gasteiger partial charge is 0.373 e. The molecule has 1 saturated carbocycles. The minimum Gasteiger partial charge on any atom is -0.373 e. The standard InChI is InChI=1S/C16H24BrNO/c1-12-5-3-4-6-16(12)19-11-14-8-7-13(10-18-2)9-15(14)17/h7-9,12,16,18H,3-6,10-11H2,1-2H3. The van der Waals surface area contributed by atoms with Crippen molar-refractivity contribution in [2.24, 2.45) is 5.92 Å². The van der Waals surface area contributed by atoms with Gasteiger partial charge in [-0.3, -0.25) is 0 Å². The molecule has 1 aliphatic carbocycles. The van der Waals surface area contributed by atoms with Crippen LogP contribution in [0.3, 0.4) is 0 Å². The zero-order valence-electron chi connectivity index (χ0n) is 11.9. The molecule has 2 rings (SSSR count). The van der Waals surface area contributed by atoms with Crippen molar-refractivity contribution in [3.8, 4) is 0 Å². The number of ether oxygens (including phenoxy) is 1. The van der Waals surface area contributed by atoms with E-state index >= 15 is 0 Å². The minimum atomic E-state index is 0.442. The van der Waals surface area contributed by atoms with E-state index in [0.29, 0.717) is 12.0 Å². The van der Waals surface area contributed by atoms with Crippen LogP contribution in [-0.2, 0) is 17.9 Å². The Morgan fingerprint density at radius 3 is 2.79 bits per heavy atom. The van der Waals surface area contributed by atoms with Crippen molar-refractivity contribution in [1.29, 1.82) is 0 Å². The van der Waals surface area contributed by atoms with Crippen molar-refractivity contribution in [2.75, 3.05) is 7.05 Å². The second-order valence-corrected chi connectivity index (χ2v) is 6.42. The lowest BCUT2D eigenvalue weighted by atomic mass is 9.88. The van der Waals surface area contributed by atoms with Crippen molar-refractivity contribution in [1.82, 2.24) is 5.32 Å². The fourth-order valence-electron chi connectivity index (χ4n) is 2.75. The van der Waals surface area contributed by atoms with Gasteiger partial charge in [0.15, 0.2) is 0 Å². The van der Waals surface area contributed by atoms with Crippen LogP contribution in [0.1, 0.15) is 43.7 Å². The molecule has 0 bridgehead atoms. The average Bonchev–Trinajstić information content (AvgIpc) is 2.40. The molecule has 0 spiro atoms. The van der Waals surface area contributed by atoms with Gasteiger partial charge in [-0.15, -0.1) is 0 Å². The van der Waals surface area contributed by atoms with E-state index < -0.39 is 0 Å². The molecular formula is C16H24BrNO. The van der Waals surface area contributed by atoms with Gasteiger partial charge in [0.05, 0.1) is 12.7 Å². The lowest BCUT2D eigenvalue weighted by molar-refractivity contribution is -0.0156. The molecule has 2 nitrogen and oxygen atoms in total. The second kappa shape index (κ2) is 7.41. The van der Waals surface area contributed by atoms with Crippen molar-refractivity contribution in [3.05, 3.63) is 33.8 Å². The Morgan fingerprint density at radius 1 is 1.32 bits per heavy atom. The maximum atomic E-state index is 6.12. The summed E-state index contributed by atoms with van der Waals surface area (Å²) < 4.78 is 7.27. The summed E-state index contributed by atoms with van der Waals surface area (Å²) in [7, 11) is 1.97. The molecule has 0 aromatic heterocycles. The smallest absolute Gasteiger partial charge is 0.0731 e. The van der Waals surface area contributed by atoms with Crippen molar-refractivity contribution in [3.63, 3.8) is 0 Å². The Balaban J connectivity index is 1.91. The maximum Gasteiger partial charge on any atom is 0.0731 e. The quantitative estimate of drug-likeness (QED) is 0.873. The maximum absolute atomic E-state index is 6.12. The number of benzene rings is 1. The van der Waals surface area contributed by atoms with E-state index in [4.69, 9.17) is 4.74 Å². The third-order valence-electron chi connectivity index (χ3n) is 3.98. The molecule has 0 heterocycles. The summed E-state index contributed by atoms with van der Waals surface area (Å²) >= 11 is 3.65. The summed E-state index contributed by atoms with van der Waals surface area (Å²) in [6, 6.07) is 6.52. The molecule has 1 aromatic carbocycles. The highest BCUT2D eigenvalue weighted by Gasteiger charge is 2.21. The number of nitrogens with one attached hydrogen (secondary N) is 1. The van der Waals surface area contributed by atoms with Gasteiger partial charge in [-0.2, -0.15) is 0 Å². The van der Waals surface area contributed by atoms with E-state index in [0.717, 1.165) is 17.6 Å². The monoisotopic (exact) mass is 325 g/mol. The molecule has 3 heteroatoms. The summed E-state index contributed by atoms with van der Waals surface area (Å²) in [5.41, 5.74) is 2.54. The van der Waals surface area contributed by atoms with E-state index in [9.17, 15) is 0 Å². The molecule has 0 aliphatic heterocycles. The lowest BCUT2D eigenvalue weighted by Crippen LogP contribution is -2.25.